The molecule has 0 radical (unpaired) electrons. The molecule has 1 aliphatic rings. The highest BCUT2D eigenvalue weighted by Gasteiger charge is 2.23. The summed E-state index contributed by atoms with van der Waals surface area (Å²) in [6, 6.07) is 18.5. The van der Waals surface area contributed by atoms with E-state index in [0.717, 1.165) is 53.9 Å². The molecule has 2 aromatic carbocycles. The van der Waals surface area contributed by atoms with Gasteiger partial charge in [-0.05, 0) is 50.6 Å². The predicted octanol–water partition coefficient (Wildman–Crippen LogP) is 4.54. The Bertz CT molecular complexity index is 1110. The molecule has 1 aliphatic heterocycles. The van der Waals surface area contributed by atoms with E-state index < -0.39 is 0 Å². The molecule has 172 valence electrons. The van der Waals surface area contributed by atoms with Crippen molar-refractivity contribution in [2.75, 3.05) is 30.3 Å². The van der Waals surface area contributed by atoms with Crippen molar-refractivity contribution >= 4 is 29.1 Å². The Morgan fingerprint density at radius 3 is 2.36 bits per heavy atom. The Kier molecular flexibility index (Phi) is 7.44. The molecule has 0 fully saturated rings. The molecule has 0 bridgehead atoms. The van der Waals surface area contributed by atoms with Crippen molar-refractivity contribution in [3.8, 4) is 11.4 Å². The number of rotatable bonds is 9. The first kappa shape index (κ1) is 23.0. The molecule has 2 heterocycles. The number of hydrogen-bond acceptors (Lipinski definition) is 6. The molecule has 7 nitrogen and oxygen atoms in total. The topological polar surface area (TPSA) is 66.6 Å². The smallest absolute Gasteiger partial charge is 0.253 e. The molecule has 33 heavy (non-hydrogen) atoms. The summed E-state index contributed by atoms with van der Waals surface area (Å²) in [6.45, 7) is 9.69. The van der Waals surface area contributed by atoms with Gasteiger partial charge in [0.1, 0.15) is 0 Å². The van der Waals surface area contributed by atoms with E-state index in [0.29, 0.717) is 6.54 Å². The summed E-state index contributed by atoms with van der Waals surface area (Å²) in [5.74, 6) is 1.09. The molecule has 4 rings (SSSR count). The fraction of sp³-hybridized carbons (Fsp3) is 0.360. The average molecular weight is 463 g/mol. The van der Waals surface area contributed by atoms with Gasteiger partial charge in [0.2, 0.25) is 0 Å². The Morgan fingerprint density at radius 2 is 1.70 bits per heavy atom. The van der Waals surface area contributed by atoms with Crippen LogP contribution in [0.5, 0.6) is 0 Å². The van der Waals surface area contributed by atoms with Gasteiger partial charge in [-0.1, -0.05) is 42.1 Å². The van der Waals surface area contributed by atoms with Crippen molar-refractivity contribution < 1.29 is 4.79 Å². The Balaban J connectivity index is 1.43. The van der Waals surface area contributed by atoms with E-state index in [1.165, 1.54) is 17.4 Å². The number of amides is 1. The lowest BCUT2D eigenvalue weighted by atomic mass is 10.1. The normalized spacial score (nSPS) is 13.3. The van der Waals surface area contributed by atoms with Crippen LogP contribution >= 0.6 is 11.8 Å². The van der Waals surface area contributed by atoms with E-state index in [4.69, 9.17) is 0 Å². The van der Waals surface area contributed by atoms with Crippen LogP contribution in [0.25, 0.3) is 11.4 Å². The minimum atomic E-state index is -0.0123. The SMILES string of the molecule is CCN(CC)c1ccc(-c2nnc(SCC(=O)N3CCC(c4ccccc4)=N3)n2CC)cc1. The maximum atomic E-state index is 12.8. The summed E-state index contributed by atoms with van der Waals surface area (Å²) in [6.07, 6.45) is 0.777. The predicted molar refractivity (Wildman–Crippen MR) is 135 cm³/mol. The molecule has 0 spiro atoms. The van der Waals surface area contributed by atoms with Gasteiger partial charge in [0.25, 0.3) is 5.91 Å². The number of carbonyl (C=O) groups excluding carboxylic acids is 1. The fourth-order valence-electron chi connectivity index (χ4n) is 3.98. The van der Waals surface area contributed by atoms with Crippen LogP contribution in [0.4, 0.5) is 5.69 Å². The van der Waals surface area contributed by atoms with Crippen LogP contribution in [0.2, 0.25) is 0 Å². The van der Waals surface area contributed by atoms with Gasteiger partial charge >= 0.3 is 0 Å². The van der Waals surface area contributed by atoms with Gasteiger partial charge < -0.3 is 9.47 Å². The molecule has 0 aliphatic carbocycles. The zero-order valence-corrected chi connectivity index (χ0v) is 20.3. The average Bonchev–Trinajstić information content (AvgIpc) is 3.52. The molecular formula is C25H30N6OS. The molecular weight excluding hydrogens is 432 g/mol. The maximum absolute atomic E-state index is 12.8. The zero-order chi connectivity index (χ0) is 23.2. The maximum Gasteiger partial charge on any atom is 0.253 e. The third kappa shape index (κ3) is 5.11. The van der Waals surface area contributed by atoms with E-state index in [2.05, 4.69) is 69.8 Å². The standard InChI is InChI=1S/C25H30N6OS/c1-4-29(5-2)21-14-12-20(13-15-21)24-26-27-25(30(24)6-3)33-18-23(32)31-17-16-22(28-31)19-10-8-7-9-11-19/h7-15H,4-6,16-18H2,1-3H3. The largest absolute Gasteiger partial charge is 0.372 e. The van der Waals surface area contributed by atoms with Gasteiger partial charge in [0.15, 0.2) is 11.0 Å². The summed E-state index contributed by atoms with van der Waals surface area (Å²) in [4.78, 5) is 15.1. The number of anilines is 1. The Morgan fingerprint density at radius 1 is 0.970 bits per heavy atom. The quantitative estimate of drug-likeness (QED) is 0.437. The number of hydrogen-bond donors (Lipinski definition) is 0. The number of aromatic nitrogens is 3. The molecule has 0 N–H and O–H groups in total. The molecule has 1 aromatic heterocycles. The van der Waals surface area contributed by atoms with Gasteiger partial charge in [-0.3, -0.25) is 4.79 Å². The lowest BCUT2D eigenvalue weighted by Crippen LogP contribution is -2.25. The number of hydrazone groups is 1. The number of thioether (sulfide) groups is 1. The second-order valence-electron chi connectivity index (χ2n) is 7.74. The van der Waals surface area contributed by atoms with E-state index in [1.807, 2.05) is 30.3 Å². The number of benzene rings is 2. The van der Waals surface area contributed by atoms with Crippen LogP contribution in [-0.4, -0.2) is 56.8 Å². The first-order valence-corrected chi connectivity index (χ1v) is 12.5. The first-order chi connectivity index (χ1) is 16.1. The van der Waals surface area contributed by atoms with Crippen LogP contribution in [0.3, 0.4) is 0 Å². The van der Waals surface area contributed by atoms with Crippen molar-refractivity contribution in [1.29, 1.82) is 0 Å². The molecule has 0 saturated heterocycles. The molecule has 1 amide bonds. The van der Waals surface area contributed by atoms with Crippen molar-refractivity contribution in [3.05, 3.63) is 60.2 Å². The molecule has 3 aromatic rings. The number of nitrogens with zero attached hydrogens (tertiary/aromatic N) is 6. The van der Waals surface area contributed by atoms with Gasteiger partial charge in [-0.2, -0.15) is 5.10 Å². The minimum Gasteiger partial charge on any atom is -0.372 e. The van der Waals surface area contributed by atoms with Gasteiger partial charge in [-0.25, -0.2) is 5.01 Å². The van der Waals surface area contributed by atoms with Gasteiger partial charge in [-0.15, -0.1) is 10.2 Å². The molecule has 8 heteroatoms. The van der Waals surface area contributed by atoms with Crippen molar-refractivity contribution in [3.63, 3.8) is 0 Å². The summed E-state index contributed by atoms with van der Waals surface area (Å²) < 4.78 is 2.06. The van der Waals surface area contributed by atoms with Crippen molar-refractivity contribution in [1.82, 2.24) is 19.8 Å². The van der Waals surface area contributed by atoms with Crippen molar-refractivity contribution in [2.24, 2.45) is 5.10 Å². The fourth-order valence-corrected chi connectivity index (χ4v) is 4.85. The highest BCUT2D eigenvalue weighted by Crippen LogP contribution is 2.26. The molecule has 0 saturated carbocycles. The van der Waals surface area contributed by atoms with Crippen LogP contribution in [0.15, 0.2) is 64.9 Å². The van der Waals surface area contributed by atoms with Crippen LogP contribution in [0, 0.1) is 0 Å². The lowest BCUT2D eigenvalue weighted by molar-refractivity contribution is -0.127. The van der Waals surface area contributed by atoms with E-state index >= 15 is 0 Å². The van der Waals surface area contributed by atoms with Gasteiger partial charge in [0, 0.05) is 37.3 Å². The van der Waals surface area contributed by atoms with E-state index in [9.17, 15) is 4.79 Å². The van der Waals surface area contributed by atoms with Crippen LogP contribution in [0.1, 0.15) is 32.8 Å². The number of carbonyl (C=O) groups is 1. The van der Waals surface area contributed by atoms with E-state index in [-0.39, 0.29) is 11.7 Å². The minimum absolute atomic E-state index is 0.0123. The third-order valence-corrected chi connectivity index (χ3v) is 6.76. The first-order valence-electron chi connectivity index (χ1n) is 11.5. The van der Waals surface area contributed by atoms with Crippen molar-refractivity contribution in [2.45, 2.75) is 38.9 Å². The highest BCUT2D eigenvalue weighted by atomic mass is 32.2. The summed E-state index contributed by atoms with van der Waals surface area (Å²) in [7, 11) is 0. The lowest BCUT2D eigenvalue weighted by Gasteiger charge is -2.21. The van der Waals surface area contributed by atoms with E-state index in [1.54, 1.807) is 5.01 Å². The zero-order valence-electron chi connectivity index (χ0n) is 19.4. The Hall–Kier alpha value is -3.13. The van der Waals surface area contributed by atoms with Crippen LogP contribution < -0.4 is 4.90 Å². The molecule has 0 atom stereocenters. The monoisotopic (exact) mass is 462 g/mol. The van der Waals surface area contributed by atoms with Gasteiger partial charge in [0.05, 0.1) is 18.0 Å². The highest BCUT2D eigenvalue weighted by molar-refractivity contribution is 7.99. The van der Waals surface area contributed by atoms with Crippen LogP contribution in [-0.2, 0) is 11.3 Å². The second-order valence-corrected chi connectivity index (χ2v) is 8.68. The second kappa shape index (κ2) is 10.7. The summed E-state index contributed by atoms with van der Waals surface area (Å²) >= 11 is 1.42. The Labute approximate surface area is 199 Å². The third-order valence-electron chi connectivity index (χ3n) is 5.81. The summed E-state index contributed by atoms with van der Waals surface area (Å²) in [5, 5.41) is 15.7. The molecule has 0 unspecified atom stereocenters. The summed E-state index contributed by atoms with van der Waals surface area (Å²) in [5.41, 5.74) is 4.26.